The lowest BCUT2D eigenvalue weighted by Gasteiger charge is -2.31. The second-order valence-electron chi connectivity index (χ2n) is 3.78. The Morgan fingerprint density at radius 1 is 1.12 bits per heavy atom. The van der Waals surface area contributed by atoms with Crippen LogP contribution in [0.4, 0.5) is 4.79 Å². The Kier molecular flexibility index (Phi) is 7.13. The predicted molar refractivity (Wildman–Crippen MR) is 65.6 cm³/mol. The first-order chi connectivity index (χ1) is 7.53. The van der Waals surface area contributed by atoms with Crippen LogP contribution in [0.25, 0.3) is 0 Å². The van der Waals surface area contributed by atoms with Crippen molar-refractivity contribution in [3.63, 3.8) is 0 Å². The van der Waals surface area contributed by atoms with Gasteiger partial charge in [0.05, 0.1) is 0 Å². The number of carbonyl (C=O) groups is 2. The second kappa shape index (κ2) is 7.49. The Morgan fingerprint density at radius 2 is 1.62 bits per heavy atom. The number of alkyl halides is 1. The molecule has 0 fully saturated rings. The zero-order valence-electron chi connectivity index (χ0n) is 10.2. The van der Waals surface area contributed by atoms with E-state index >= 15 is 0 Å². The second-order valence-corrected chi connectivity index (χ2v) is 4.16. The largest absolute Gasteiger partial charge is 0.332 e. The van der Waals surface area contributed by atoms with Crippen LogP contribution in [-0.2, 0) is 4.79 Å². The summed E-state index contributed by atoms with van der Waals surface area (Å²) in [6.45, 7) is 6.07. The summed E-state index contributed by atoms with van der Waals surface area (Å²) in [6.07, 6.45) is 2.69. The third kappa shape index (κ3) is 4.84. The van der Waals surface area contributed by atoms with Crippen LogP contribution in [0.5, 0.6) is 0 Å². The highest BCUT2D eigenvalue weighted by Crippen LogP contribution is 2.18. The Balaban J connectivity index is 4.25. The molecular formula is C11H21ClN2O2. The standard InChI is InChI=1S/C11H21ClN2O2/c1-4-11(5-2,6-3)14-10(16)13-9(15)7-8-12/h4-8H2,1-3H3,(H2,13,14,15,16). The van der Waals surface area contributed by atoms with Gasteiger partial charge in [0.25, 0.3) is 0 Å². The number of amides is 3. The number of urea groups is 1. The maximum absolute atomic E-state index is 11.5. The first-order valence-electron chi connectivity index (χ1n) is 5.71. The number of imide groups is 1. The summed E-state index contributed by atoms with van der Waals surface area (Å²) in [7, 11) is 0. The Bertz CT molecular complexity index is 232. The van der Waals surface area contributed by atoms with Crippen LogP contribution < -0.4 is 10.6 Å². The minimum absolute atomic E-state index is 0.159. The summed E-state index contributed by atoms with van der Waals surface area (Å²) >= 11 is 5.40. The average Bonchev–Trinajstić information content (AvgIpc) is 2.26. The molecule has 0 atom stereocenters. The lowest BCUT2D eigenvalue weighted by atomic mass is 9.90. The van der Waals surface area contributed by atoms with Gasteiger partial charge in [-0.05, 0) is 19.3 Å². The molecule has 0 spiro atoms. The van der Waals surface area contributed by atoms with Gasteiger partial charge in [-0.1, -0.05) is 20.8 Å². The fourth-order valence-electron chi connectivity index (χ4n) is 1.56. The van der Waals surface area contributed by atoms with Crippen molar-refractivity contribution in [2.45, 2.75) is 52.0 Å². The summed E-state index contributed by atoms with van der Waals surface area (Å²) in [5.41, 5.74) is -0.217. The number of nitrogens with one attached hydrogen (secondary N) is 2. The fourth-order valence-corrected chi connectivity index (χ4v) is 1.73. The van der Waals surface area contributed by atoms with Gasteiger partial charge in [-0.3, -0.25) is 10.1 Å². The monoisotopic (exact) mass is 248 g/mol. The van der Waals surface area contributed by atoms with E-state index in [1.807, 2.05) is 20.8 Å². The van der Waals surface area contributed by atoms with E-state index < -0.39 is 6.03 Å². The molecule has 2 N–H and O–H groups in total. The highest BCUT2D eigenvalue weighted by molar-refractivity contribution is 6.19. The number of hydrogen-bond acceptors (Lipinski definition) is 2. The Morgan fingerprint density at radius 3 is 2.00 bits per heavy atom. The fraction of sp³-hybridized carbons (Fsp3) is 0.818. The molecule has 0 saturated heterocycles. The summed E-state index contributed by atoms with van der Waals surface area (Å²) in [6, 6.07) is -0.430. The van der Waals surface area contributed by atoms with Gasteiger partial charge in [0.2, 0.25) is 5.91 Å². The summed E-state index contributed by atoms with van der Waals surface area (Å²) in [5, 5.41) is 5.12. The SMILES string of the molecule is CCC(CC)(CC)NC(=O)NC(=O)CCCl. The van der Waals surface area contributed by atoms with Gasteiger partial charge >= 0.3 is 6.03 Å². The van der Waals surface area contributed by atoms with E-state index in [2.05, 4.69) is 10.6 Å². The van der Waals surface area contributed by atoms with Crippen molar-refractivity contribution in [1.82, 2.24) is 10.6 Å². The van der Waals surface area contributed by atoms with E-state index in [0.29, 0.717) is 0 Å². The van der Waals surface area contributed by atoms with E-state index in [-0.39, 0.29) is 23.7 Å². The topological polar surface area (TPSA) is 58.2 Å². The predicted octanol–water partition coefficient (Wildman–Crippen LogP) is 2.41. The molecule has 0 radical (unpaired) electrons. The first-order valence-corrected chi connectivity index (χ1v) is 6.25. The molecule has 0 heterocycles. The molecule has 0 unspecified atom stereocenters. The van der Waals surface area contributed by atoms with E-state index in [0.717, 1.165) is 19.3 Å². The third-order valence-corrected chi connectivity index (χ3v) is 3.17. The normalized spacial score (nSPS) is 11.0. The average molecular weight is 249 g/mol. The molecule has 16 heavy (non-hydrogen) atoms. The molecule has 0 aliphatic rings. The smallest absolute Gasteiger partial charge is 0.321 e. The van der Waals surface area contributed by atoms with Gasteiger partial charge in [0, 0.05) is 17.8 Å². The summed E-state index contributed by atoms with van der Waals surface area (Å²) < 4.78 is 0. The van der Waals surface area contributed by atoms with E-state index in [1.165, 1.54) is 0 Å². The summed E-state index contributed by atoms with van der Waals surface area (Å²) in [4.78, 5) is 22.7. The highest BCUT2D eigenvalue weighted by atomic mass is 35.5. The van der Waals surface area contributed by atoms with Crippen LogP contribution in [-0.4, -0.2) is 23.4 Å². The molecule has 5 heteroatoms. The van der Waals surface area contributed by atoms with Crippen molar-refractivity contribution >= 4 is 23.5 Å². The van der Waals surface area contributed by atoms with Crippen LogP contribution in [0.15, 0.2) is 0 Å². The number of halogens is 1. The molecule has 0 aromatic heterocycles. The molecular weight excluding hydrogens is 228 g/mol. The van der Waals surface area contributed by atoms with Crippen molar-refractivity contribution in [2.75, 3.05) is 5.88 Å². The van der Waals surface area contributed by atoms with Crippen molar-refractivity contribution in [3.05, 3.63) is 0 Å². The molecule has 0 aromatic carbocycles. The van der Waals surface area contributed by atoms with E-state index in [4.69, 9.17) is 11.6 Å². The van der Waals surface area contributed by atoms with Gasteiger partial charge in [-0.2, -0.15) is 0 Å². The maximum Gasteiger partial charge on any atom is 0.321 e. The van der Waals surface area contributed by atoms with Gasteiger partial charge in [-0.15, -0.1) is 11.6 Å². The van der Waals surface area contributed by atoms with Crippen molar-refractivity contribution in [3.8, 4) is 0 Å². The van der Waals surface area contributed by atoms with Gasteiger partial charge < -0.3 is 5.32 Å². The quantitative estimate of drug-likeness (QED) is 0.710. The first kappa shape index (κ1) is 15.2. The third-order valence-electron chi connectivity index (χ3n) is 2.98. The lowest BCUT2D eigenvalue weighted by molar-refractivity contribution is -0.119. The van der Waals surface area contributed by atoms with Crippen LogP contribution >= 0.6 is 11.6 Å². The van der Waals surface area contributed by atoms with Crippen LogP contribution in [0, 0.1) is 0 Å². The Labute approximate surface area is 102 Å². The van der Waals surface area contributed by atoms with Gasteiger partial charge in [0.15, 0.2) is 0 Å². The number of hydrogen-bond donors (Lipinski definition) is 2. The van der Waals surface area contributed by atoms with Crippen LogP contribution in [0.1, 0.15) is 46.5 Å². The molecule has 0 aliphatic carbocycles. The maximum atomic E-state index is 11.5. The minimum atomic E-state index is -0.430. The lowest BCUT2D eigenvalue weighted by Crippen LogP contribution is -2.52. The molecule has 0 rings (SSSR count). The highest BCUT2D eigenvalue weighted by Gasteiger charge is 2.26. The number of carbonyl (C=O) groups excluding carboxylic acids is 2. The van der Waals surface area contributed by atoms with Crippen molar-refractivity contribution < 1.29 is 9.59 Å². The molecule has 0 saturated carbocycles. The molecule has 0 aliphatic heterocycles. The van der Waals surface area contributed by atoms with Gasteiger partial charge in [0.1, 0.15) is 0 Å². The van der Waals surface area contributed by atoms with Crippen molar-refractivity contribution in [2.24, 2.45) is 0 Å². The number of rotatable bonds is 6. The zero-order valence-corrected chi connectivity index (χ0v) is 11.0. The van der Waals surface area contributed by atoms with Crippen molar-refractivity contribution in [1.29, 1.82) is 0 Å². The Hall–Kier alpha value is -0.770. The van der Waals surface area contributed by atoms with Crippen LogP contribution in [0.2, 0.25) is 0 Å². The summed E-state index contributed by atoms with van der Waals surface area (Å²) in [5.74, 6) is -0.121. The molecule has 94 valence electrons. The minimum Gasteiger partial charge on any atom is -0.332 e. The van der Waals surface area contributed by atoms with E-state index in [9.17, 15) is 9.59 Å². The molecule has 0 aromatic rings. The molecule has 3 amide bonds. The molecule has 4 nitrogen and oxygen atoms in total. The molecule has 0 bridgehead atoms. The zero-order chi connectivity index (χ0) is 12.6. The van der Waals surface area contributed by atoms with E-state index in [1.54, 1.807) is 0 Å². The van der Waals surface area contributed by atoms with Gasteiger partial charge in [-0.25, -0.2) is 4.79 Å². The van der Waals surface area contributed by atoms with Crippen LogP contribution in [0.3, 0.4) is 0 Å².